The largest absolute Gasteiger partial charge is 0.416 e. The first-order valence-electron chi connectivity index (χ1n) is 9.66. The minimum atomic E-state index is -4.92. The van der Waals surface area contributed by atoms with Crippen molar-refractivity contribution in [3.63, 3.8) is 0 Å². The summed E-state index contributed by atoms with van der Waals surface area (Å²) in [6.07, 6.45) is -9.89. The third kappa shape index (κ3) is 5.61. The second-order valence-electron chi connectivity index (χ2n) is 7.73. The molecular formula is C22H20BrF7O. The molecule has 170 valence electrons. The predicted octanol–water partition coefficient (Wildman–Crippen LogP) is 7.90. The van der Waals surface area contributed by atoms with Gasteiger partial charge in [0.25, 0.3) is 0 Å². The first-order valence-corrected chi connectivity index (χ1v) is 10.8. The molecule has 31 heavy (non-hydrogen) atoms. The average molecular weight is 513 g/mol. The molecule has 0 heterocycles. The van der Waals surface area contributed by atoms with E-state index in [9.17, 15) is 30.7 Å². The molecule has 1 fully saturated rings. The molecule has 0 N–H and O–H groups in total. The second-order valence-corrected chi connectivity index (χ2v) is 8.37. The van der Waals surface area contributed by atoms with Crippen LogP contribution in [-0.4, -0.2) is 11.4 Å². The molecule has 2 aromatic rings. The van der Waals surface area contributed by atoms with Gasteiger partial charge < -0.3 is 4.74 Å². The number of hydrogen-bond donors (Lipinski definition) is 0. The van der Waals surface area contributed by atoms with Gasteiger partial charge in [-0.3, -0.25) is 0 Å². The fourth-order valence-electron chi connectivity index (χ4n) is 4.09. The van der Waals surface area contributed by atoms with Gasteiger partial charge in [-0.05, 0) is 67.1 Å². The van der Waals surface area contributed by atoms with E-state index in [2.05, 4.69) is 15.9 Å². The first-order chi connectivity index (χ1) is 14.4. The van der Waals surface area contributed by atoms with E-state index in [1.54, 1.807) is 12.1 Å². The van der Waals surface area contributed by atoms with Crippen LogP contribution in [0.4, 0.5) is 30.7 Å². The van der Waals surface area contributed by atoms with Gasteiger partial charge >= 0.3 is 12.4 Å². The summed E-state index contributed by atoms with van der Waals surface area (Å²) >= 11 is 3.45. The van der Waals surface area contributed by atoms with Crippen molar-refractivity contribution in [1.82, 2.24) is 0 Å². The van der Waals surface area contributed by atoms with Crippen molar-refractivity contribution < 1.29 is 35.5 Å². The Balaban J connectivity index is 1.90. The normalized spacial score (nSPS) is 23.2. The molecule has 0 amide bonds. The fourth-order valence-corrected chi connectivity index (χ4v) is 4.82. The zero-order valence-corrected chi connectivity index (χ0v) is 18.0. The highest BCUT2D eigenvalue weighted by Crippen LogP contribution is 2.45. The molecule has 3 rings (SSSR count). The molecule has 1 aliphatic rings. The summed E-state index contributed by atoms with van der Waals surface area (Å²) in [7, 11) is 0. The Morgan fingerprint density at radius 2 is 1.48 bits per heavy atom. The van der Waals surface area contributed by atoms with E-state index < -0.39 is 41.5 Å². The Kier molecular flexibility index (Phi) is 7.05. The molecule has 4 atom stereocenters. The van der Waals surface area contributed by atoms with Crippen LogP contribution < -0.4 is 0 Å². The molecule has 0 aliphatic heterocycles. The summed E-state index contributed by atoms with van der Waals surface area (Å²) in [4.78, 5) is 0. The molecule has 0 aromatic heterocycles. The maximum atomic E-state index is 13.3. The van der Waals surface area contributed by atoms with Crippen LogP contribution in [-0.2, 0) is 17.1 Å². The minimum absolute atomic E-state index is 0.105. The fraction of sp³-hybridized carbons (Fsp3) is 0.455. The zero-order valence-electron chi connectivity index (χ0n) is 16.4. The van der Waals surface area contributed by atoms with Crippen LogP contribution in [0.2, 0.25) is 0 Å². The zero-order chi connectivity index (χ0) is 23.0. The van der Waals surface area contributed by atoms with Gasteiger partial charge in [0.15, 0.2) is 0 Å². The van der Waals surface area contributed by atoms with Crippen molar-refractivity contribution in [1.29, 1.82) is 0 Å². The summed E-state index contributed by atoms with van der Waals surface area (Å²) in [5.74, 6) is -0.406. The summed E-state index contributed by atoms with van der Waals surface area (Å²) in [5, 5.41) is 0.644. The highest BCUT2D eigenvalue weighted by molar-refractivity contribution is 9.09. The van der Waals surface area contributed by atoms with Crippen molar-refractivity contribution in [2.45, 2.75) is 50.2 Å². The van der Waals surface area contributed by atoms with Crippen LogP contribution in [0.25, 0.3) is 0 Å². The average Bonchev–Trinajstić information content (AvgIpc) is 3.09. The Hall–Kier alpha value is -1.61. The number of alkyl halides is 7. The topological polar surface area (TPSA) is 9.23 Å². The molecular weight excluding hydrogens is 493 g/mol. The van der Waals surface area contributed by atoms with Gasteiger partial charge in [-0.1, -0.05) is 28.1 Å². The van der Waals surface area contributed by atoms with Gasteiger partial charge in [0.1, 0.15) is 5.82 Å². The van der Waals surface area contributed by atoms with Gasteiger partial charge in [0.05, 0.1) is 23.3 Å². The van der Waals surface area contributed by atoms with E-state index in [1.807, 2.05) is 0 Å². The highest BCUT2D eigenvalue weighted by atomic mass is 79.9. The second kappa shape index (κ2) is 9.10. The molecule has 1 saturated carbocycles. The van der Waals surface area contributed by atoms with Gasteiger partial charge in [0, 0.05) is 11.2 Å². The van der Waals surface area contributed by atoms with Crippen molar-refractivity contribution in [3.05, 3.63) is 70.5 Å². The van der Waals surface area contributed by atoms with Crippen molar-refractivity contribution >= 4 is 15.9 Å². The van der Waals surface area contributed by atoms with Gasteiger partial charge in [-0.15, -0.1) is 0 Å². The molecule has 2 aromatic carbocycles. The highest BCUT2D eigenvalue weighted by Gasteiger charge is 2.40. The van der Waals surface area contributed by atoms with Crippen LogP contribution in [0.1, 0.15) is 54.0 Å². The maximum absolute atomic E-state index is 13.3. The van der Waals surface area contributed by atoms with E-state index in [1.165, 1.54) is 19.1 Å². The lowest BCUT2D eigenvalue weighted by atomic mass is 9.88. The van der Waals surface area contributed by atoms with Gasteiger partial charge in [0.2, 0.25) is 0 Å². The number of hydrogen-bond acceptors (Lipinski definition) is 1. The van der Waals surface area contributed by atoms with Crippen molar-refractivity contribution in [3.8, 4) is 0 Å². The smallest absolute Gasteiger partial charge is 0.370 e. The van der Waals surface area contributed by atoms with Crippen LogP contribution >= 0.6 is 15.9 Å². The van der Waals surface area contributed by atoms with Crippen LogP contribution in [0.3, 0.4) is 0 Å². The summed E-state index contributed by atoms with van der Waals surface area (Å²) < 4.78 is 98.4. The Morgan fingerprint density at radius 1 is 0.935 bits per heavy atom. The number of benzene rings is 2. The lowest BCUT2D eigenvalue weighted by molar-refractivity contribution is -0.143. The minimum Gasteiger partial charge on any atom is -0.370 e. The SMILES string of the molecule is C[C@@H](O[C@H]1CC[C@@H](CBr)[C@@H]1c1ccc(F)cc1)c1cc(C(F)(F)F)cc(C(F)(F)F)c1. The maximum Gasteiger partial charge on any atom is 0.416 e. The van der Waals surface area contributed by atoms with Crippen molar-refractivity contribution in [2.24, 2.45) is 5.92 Å². The number of ether oxygens (including phenoxy) is 1. The Morgan fingerprint density at radius 3 is 1.97 bits per heavy atom. The molecule has 9 heteroatoms. The summed E-state index contributed by atoms with van der Waals surface area (Å²) in [6.45, 7) is 1.44. The predicted molar refractivity (Wildman–Crippen MR) is 105 cm³/mol. The van der Waals surface area contributed by atoms with E-state index in [-0.39, 0.29) is 23.5 Å². The van der Waals surface area contributed by atoms with E-state index >= 15 is 0 Å². The van der Waals surface area contributed by atoms with Crippen molar-refractivity contribution in [2.75, 3.05) is 5.33 Å². The molecule has 0 spiro atoms. The lowest BCUT2D eigenvalue weighted by Gasteiger charge is -2.28. The van der Waals surface area contributed by atoms with Crippen LogP contribution in [0, 0.1) is 11.7 Å². The molecule has 0 bridgehead atoms. The molecule has 0 unspecified atom stereocenters. The number of halogens is 8. The summed E-state index contributed by atoms with van der Waals surface area (Å²) in [6, 6.07) is 7.41. The third-order valence-corrected chi connectivity index (χ3v) is 6.47. The van der Waals surface area contributed by atoms with E-state index in [4.69, 9.17) is 4.74 Å². The monoisotopic (exact) mass is 512 g/mol. The molecule has 0 saturated heterocycles. The molecule has 1 aliphatic carbocycles. The van der Waals surface area contributed by atoms with Gasteiger partial charge in [-0.2, -0.15) is 26.3 Å². The standard InChI is InChI=1S/C22H20BrF7O/c1-12(15-8-16(21(25,26)27)10-17(9-15)22(28,29)30)31-19-7-4-14(11-23)20(19)13-2-5-18(24)6-3-13/h2-3,5-6,8-10,12,14,19-20H,4,7,11H2,1H3/t12-,14+,19+,20+/m1/s1. The Bertz CT molecular complexity index is 860. The van der Waals surface area contributed by atoms with E-state index in [0.717, 1.165) is 12.0 Å². The van der Waals surface area contributed by atoms with E-state index in [0.29, 0.717) is 23.9 Å². The lowest BCUT2D eigenvalue weighted by Crippen LogP contribution is -2.23. The molecule has 1 nitrogen and oxygen atoms in total. The quantitative estimate of drug-likeness (QED) is 0.292. The van der Waals surface area contributed by atoms with Crippen LogP contribution in [0.15, 0.2) is 42.5 Å². The third-order valence-electron chi connectivity index (χ3n) is 5.64. The first kappa shape index (κ1) is 24.0. The van der Waals surface area contributed by atoms with Gasteiger partial charge in [-0.25, -0.2) is 4.39 Å². The van der Waals surface area contributed by atoms with Crippen LogP contribution in [0.5, 0.6) is 0 Å². The summed E-state index contributed by atoms with van der Waals surface area (Å²) in [5.41, 5.74) is -2.11. The Labute approximate surface area is 183 Å². The number of rotatable bonds is 5. The molecule has 0 radical (unpaired) electrons.